The summed E-state index contributed by atoms with van der Waals surface area (Å²) in [5.74, 6) is 0.0839. The van der Waals surface area contributed by atoms with Crippen molar-refractivity contribution in [3.8, 4) is 5.75 Å². The number of ether oxygens (including phenoxy) is 2. The van der Waals surface area contributed by atoms with Crippen LogP contribution in [0.2, 0.25) is 0 Å². The molecule has 0 atom stereocenters. The maximum Gasteiger partial charge on any atom is 0.338 e. The zero-order valence-corrected chi connectivity index (χ0v) is 15.6. The van der Waals surface area contributed by atoms with Gasteiger partial charge in [0, 0.05) is 11.1 Å². The minimum absolute atomic E-state index is 0.0116. The van der Waals surface area contributed by atoms with Gasteiger partial charge in [-0.05, 0) is 36.8 Å². The monoisotopic (exact) mass is 379 g/mol. The second-order valence-electron chi connectivity index (χ2n) is 6.62. The van der Waals surface area contributed by atoms with E-state index in [1.165, 1.54) is 0 Å². The number of carbonyl (C=O) groups excluding carboxylic acids is 2. The fourth-order valence-corrected chi connectivity index (χ4v) is 3.34. The minimum Gasteiger partial charge on any atom is -0.482 e. The fraction of sp³-hybridized carbons (Fsp3) is 0.286. The summed E-state index contributed by atoms with van der Waals surface area (Å²) in [7, 11) is 0. The molecule has 1 aliphatic heterocycles. The SMILES string of the molecule is CCCc1[nH]nc2ccc(C(=O)OCCN3C(=O)COc4ccccc43)cc12. The van der Waals surface area contributed by atoms with E-state index in [0.717, 1.165) is 29.4 Å². The van der Waals surface area contributed by atoms with Gasteiger partial charge >= 0.3 is 5.97 Å². The molecule has 2 heterocycles. The maximum absolute atomic E-state index is 12.5. The third kappa shape index (κ3) is 3.43. The van der Waals surface area contributed by atoms with Crippen LogP contribution in [0.5, 0.6) is 5.75 Å². The molecule has 0 fully saturated rings. The number of para-hydroxylation sites is 2. The fourth-order valence-electron chi connectivity index (χ4n) is 3.34. The van der Waals surface area contributed by atoms with E-state index in [1.54, 1.807) is 17.0 Å². The van der Waals surface area contributed by atoms with Gasteiger partial charge < -0.3 is 14.4 Å². The lowest BCUT2D eigenvalue weighted by atomic mass is 10.1. The number of fused-ring (bicyclic) bond motifs is 2. The normalized spacial score (nSPS) is 13.3. The van der Waals surface area contributed by atoms with E-state index >= 15 is 0 Å². The second kappa shape index (κ2) is 7.72. The summed E-state index contributed by atoms with van der Waals surface area (Å²) in [6.07, 6.45) is 1.86. The smallest absolute Gasteiger partial charge is 0.338 e. The first kappa shape index (κ1) is 18.0. The van der Waals surface area contributed by atoms with Crippen molar-refractivity contribution in [3.05, 3.63) is 53.7 Å². The van der Waals surface area contributed by atoms with Gasteiger partial charge in [-0.15, -0.1) is 0 Å². The van der Waals surface area contributed by atoms with Crippen LogP contribution in [0.15, 0.2) is 42.5 Å². The van der Waals surface area contributed by atoms with E-state index in [0.29, 0.717) is 17.0 Å². The molecular formula is C21H21N3O4. The molecule has 1 amide bonds. The zero-order valence-electron chi connectivity index (χ0n) is 15.6. The number of nitrogens with one attached hydrogen (secondary N) is 1. The molecular weight excluding hydrogens is 358 g/mol. The predicted octanol–water partition coefficient (Wildman–Crippen LogP) is 3.10. The molecule has 0 bridgehead atoms. The van der Waals surface area contributed by atoms with E-state index < -0.39 is 5.97 Å². The number of hydrogen-bond acceptors (Lipinski definition) is 5. The number of hydrogen-bond donors (Lipinski definition) is 1. The number of amides is 1. The average Bonchev–Trinajstić information content (AvgIpc) is 3.12. The minimum atomic E-state index is -0.417. The number of aromatic nitrogens is 2. The van der Waals surface area contributed by atoms with E-state index in [1.807, 2.05) is 30.3 Å². The number of rotatable bonds is 6. The molecule has 28 heavy (non-hydrogen) atoms. The summed E-state index contributed by atoms with van der Waals surface area (Å²) in [5.41, 5.74) is 3.01. The van der Waals surface area contributed by atoms with Crippen LogP contribution in [0, 0.1) is 0 Å². The molecule has 0 saturated carbocycles. The van der Waals surface area contributed by atoms with Crippen molar-refractivity contribution >= 4 is 28.5 Å². The molecule has 2 aromatic carbocycles. The van der Waals surface area contributed by atoms with Crippen LogP contribution in [0.25, 0.3) is 10.9 Å². The Balaban J connectivity index is 1.43. The molecule has 7 heteroatoms. The van der Waals surface area contributed by atoms with Gasteiger partial charge in [0.2, 0.25) is 0 Å². The van der Waals surface area contributed by atoms with Gasteiger partial charge in [-0.1, -0.05) is 25.5 Å². The first-order valence-corrected chi connectivity index (χ1v) is 9.33. The van der Waals surface area contributed by atoms with Crippen molar-refractivity contribution in [1.82, 2.24) is 10.2 Å². The van der Waals surface area contributed by atoms with Crippen molar-refractivity contribution < 1.29 is 19.1 Å². The number of nitrogens with zero attached hydrogens (tertiary/aromatic N) is 2. The molecule has 1 aromatic heterocycles. The summed E-state index contributed by atoms with van der Waals surface area (Å²) in [6.45, 7) is 2.46. The molecule has 7 nitrogen and oxygen atoms in total. The Kier molecular flexibility index (Phi) is 4.97. The van der Waals surface area contributed by atoms with Gasteiger partial charge in [0.1, 0.15) is 12.4 Å². The Morgan fingerprint density at radius 2 is 2.14 bits per heavy atom. The number of aryl methyl sites for hydroxylation is 1. The van der Waals surface area contributed by atoms with Crippen LogP contribution in [0.3, 0.4) is 0 Å². The highest BCUT2D eigenvalue weighted by atomic mass is 16.5. The average molecular weight is 379 g/mol. The number of carbonyl (C=O) groups is 2. The maximum atomic E-state index is 12.5. The first-order chi connectivity index (χ1) is 13.7. The lowest BCUT2D eigenvalue weighted by Crippen LogP contribution is -2.41. The van der Waals surface area contributed by atoms with Crippen molar-refractivity contribution in [2.24, 2.45) is 0 Å². The highest BCUT2D eigenvalue weighted by Crippen LogP contribution is 2.31. The predicted molar refractivity (Wildman–Crippen MR) is 105 cm³/mol. The van der Waals surface area contributed by atoms with Crippen molar-refractivity contribution in [3.63, 3.8) is 0 Å². The van der Waals surface area contributed by atoms with Gasteiger partial charge in [-0.25, -0.2) is 4.79 Å². The first-order valence-electron chi connectivity index (χ1n) is 9.33. The molecule has 0 saturated heterocycles. The van der Waals surface area contributed by atoms with E-state index in [9.17, 15) is 9.59 Å². The summed E-state index contributed by atoms with van der Waals surface area (Å²) in [5, 5.41) is 8.22. The molecule has 0 radical (unpaired) electrons. The standard InChI is InChI=1S/C21H21N3O4/c1-2-5-16-15-12-14(8-9-17(15)23-22-16)21(26)27-11-10-24-18-6-3-4-7-19(18)28-13-20(24)25/h3-4,6-9,12H,2,5,10-11,13H2,1H3,(H,22,23). The lowest BCUT2D eigenvalue weighted by Gasteiger charge is -2.29. The van der Waals surface area contributed by atoms with E-state index in [-0.39, 0.29) is 25.7 Å². The number of aromatic amines is 1. The summed E-state index contributed by atoms with van der Waals surface area (Å²) in [4.78, 5) is 26.2. The summed E-state index contributed by atoms with van der Waals surface area (Å²) < 4.78 is 10.8. The molecule has 0 spiro atoms. The van der Waals surface area contributed by atoms with Crippen LogP contribution in [0.1, 0.15) is 29.4 Å². The number of esters is 1. The van der Waals surface area contributed by atoms with Crippen LogP contribution in [-0.4, -0.2) is 41.8 Å². The molecule has 4 rings (SSSR count). The largest absolute Gasteiger partial charge is 0.482 e. The Labute approximate surface area is 162 Å². The number of benzene rings is 2. The van der Waals surface area contributed by atoms with Gasteiger partial charge in [-0.3, -0.25) is 9.89 Å². The van der Waals surface area contributed by atoms with Gasteiger partial charge in [-0.2, -0.15) is 5.10 Å². The van der Waals surface area contributed by atoms with Crippen LogP contribution in [-0.2, 0) is 16.0 Å². The van der Waals surface area contributed by atoms with Gasteiger partial charge in [0.15, 0.2) is 6.61 Å². The second-order valence-corrected chi connectivity index (χ2v) is 6.62. The van der Waals surface area contributed by atoms with Crippen molar-refractivity contribution in [1.29, 1.82) is 0 Å². The Morgan fingerprint density at radius 1 is 1.29 bits per heavy atom. The molecule has 144 valence electrons. The van der Waals surface area contributed by atoms with Crippen LogP contribution < -0.4 is 9.64 Å². The molecule has 0 unspecified atom stereocenters. The molecule has 3 aromatic rings. The highest BCUT2D eigenvalue weighted by molar-refractivity contribution is 5.98. The Morgan fingerprint density at radius 3 is 3.00 bits per heavy atom. The summed E-state index contributed by atoms with van der Waals surface area (Å²) >= 11 is 0. The number of H-pyrrole nitrogens is 1. The highest BCUT2D eigenvalue weighted by Gasteiger charge is 2.25. The van der Waals surface area contributed by atoms with E-state index in [2.05, 4.69) is 17.1 Å². The molecule has 1 aliphatic rings. The summed E-state index contributed by atoms with van der Waals surface area (Å²) in [6, 6.07) is 12.6. The zero-order chi connectivity index (χ0) is 19.5. The molecule has 0 aliphatic carbocycles. The third-order valence-corrected chi connectivity index (χ3v) is 4.72. The van der Waals surface area contributed by atoms with Crippen molar-refractivity contribution in [2.75, 3.05) is 24.7 Å². The lowest BCUT2D eigenvalue weighted by molar-refractivity contribution is -0.121. The Bertz CT molecular complexity index is 1030. The van der Waals surface area contributed by atoms with Crippen LogP contribution in [0.4, 0.5) is 5.69 Å². The third-order valence-electron chi connectivity index (χ3n) is 4.72. The van der Waals surface area contributed by atoms with Crippen molar-refractivity contribution in [2.45, 2.75) is 19.8 Å². The van der Waals surface area contributed by atoms with Gasteiger partial charge in [0.05, 0.1) is 23.3 Å². The van der Waals surface area contributed by atoms with Gasteiger partial charge in [0.25, 0.3) is 5.91 Å². The quantitative estimate of drug-likeness (QED) is 0.665. The molecule has 1 N–H and O–H groups in total. The van der Waals surface area contributed by atoms with E-state index in [4.69, 9.17) is 9.47 Å². The number of anilines is 1. The Hall–Kier alpha value is -3.35. The van der Waals surface area contributed by atoms with Crippen LogP contribution >= 0.6 is 0 Å². The topological polar surface area (TPSA) is 84.5 Å².